The molecule has 0 saturated heterocycles. The first kappa shape index (κ1) is 22.0. The molecule has 1 N–H and O–H groups in total. The molecule has 1 aliphatic heterocycles. The second kappa shape index (κ2) is 9.01. The van der Waals surface area contributed by atoms with Gasteiger partial charge in [0, 0.05) is 12.6 Å². The number of aromatic nitrogens is 1. The van der Waals surface area contributed by atoms with Crippen molar-refractivity contribution in [2.75, 3.05) is 18.4 Å². The fraction of sp³-hybridized carbons (Fsp3) is 0.261. The molecule has 160 valence electrons. The van der Waals surface area contributed by atoms with Crippen LogP contribution in [0.1, 0.15) is 25.0 Å². The van der Waals surface area contributed by atoms with Crippen LogP contribution >= 0.6 is 0 Å². The van der Waals surface area contributed by atoms with Gasteiger partial charge in [0.25, 0.3) is 0 Å². The largest absolute Gasteiger partial charge is 0.543 e. The Hall–Kier alpha value is -3.65. The molecule has 0 bridgehead atoms. The van der Waals surface area contributed by atoms with Gasteiger partial charge in [-0.2, -0.15) is 0 Å². The van der Waals surface area contributed by atoms with Gasteiger partial charge in [0.2, 0.25) is 0 Å². The smallest absolute Gasteiger partial charge is 0.389 e. The van der Waals surface area contributed by atoms with E-state index in [0.29, 0.717) is 12.1 Å². The number of likely N-dealkylation sites (N-methyl/N-ethyl adjacent to an activating group) is 1. The summed E-state index contributed by atoms with van der Waals surface area (Å²) in [6, 6.07) is 11.3. The van der Waals surface area contributed by atoms with Gasteiger partial charge >= 0.3 is 5.91 Å². The third-order valence-corrected chi connectivity index (χ3v) is 5.35. The van der Waals surface area contributed by atoms with E-state index in [2.05, 4.69) is 15.4 Å². The fourth-order valence-electron chi connectivity index (χ4n) is 3.53. The van der Waals surface area contributed by atoms with Crippen LogP contribution in [0.2, 0.25) is 0 Å². The highest BCUT2D eigenvalue weighted by Crippen LogP contribution is 2.28. The van der Waals surface area contributed by atoms with Gasteiger partial charge in [-0.15, -0.1) is 4.59 Å². The summed E-state index contributed by atoms with van der Waals surface area (Å²) in [5.74, 6) is -2.66. The first-order valence-electron chi connectivity index (χ1n) is 9.99. The average Bonchev–Trinajstić information content (AvgIpc) is 2.76. The van der Waals surface area contributed by atoms with Crippen molar-refractivity contribution in [3.05, 3.63) is 71.2 Å². The highest BCUT2D eigenvalue weighted by molar-refractivity contribution is 6.50. The van der Waals surface area contributed by atoms with Crippen molar-refractivity contribution in [3.8, 4) is 0 Å². The topological polar surface area (TPSA) is 112 Å². The Morgan fingerprint density at radius 3 is 2.45 bits per heavy atom. The van der Waals surface area contributed by atoms with Gasteiger partial charge in [0.1, 0.15) is 13.1 Å². The molecule has 0 saturated carbocycles. The van der Waals surface area contributed by atoms with Crippen molar-refractivity contribution in [1.82, 2.24) is 4.98 Å². The molecule has 0 aliphatic carbocycles. The van der Waals surface area contributed by atoms with Crippen molar-refractivity contribution >= 4 is 29.1 Å². The molecule has 0 radical (unpaired) electrons. The number of aliphatic carboxylic acids is 1. The number of carboxylic acid groups (broad SMARTS) is 1. The number of pyridine rings is 1. The summed E-state index contributed by atoms with van der Waals surface area (Å²) >= 11 is 0. The molecular formula is C23H24N4O4. The number of nitrogens with one attached hydrogen (secondary N) is 1. The normalized spacial score (nSPS) is 18.5. The van der Waals surface area contributed by atoms with Gasteiger partial charge in [-0.1, -0.05) is 35.4 Å². The number of hydrogen-bond acceptors (Lipinski definition) is 7. The predicted molar refractivity (Wildman–Crippen MR) is 114 cm³/mol. The second-order valence-corrected chi connectivity index (χ2v) is 7.36. The van der Waals surface area contributed by atoms with E-state index in [4.69, 9.17) is 0 Å². The lowest BCUT2D eigenvalue weighted by atomic mass is 10.00. The zero-order valence-corrected chi connectivity index (χ0v) is 17.7. The summed E-state index contributed by atoms with van der Waals surface area (Å²) in [6.07, 6.45) is 3.62. The van der Waals surface area contributed by atoms with E-state index in [9.17, 15) is 19.5 Å². The summed E-state index contributed by atoms with van der Waals surface area (Å²) in [5.41, 5.74) is 1.37. The number of hydrogen-bond donors (Lipinski definition) is 1. The average molecular weight is 420 g/mol. The number of benzene rings is 1. The van der Waals surface area contributed by atoms with Gasteiger partial charge in [0.15, 0.2) is 17.2 Å². The second-order valence-electron chi connectivity index (χ2n) is 7.36. The molecule has 1 aliphatic rings. The molecule has 3 rings (SSSR count). The molecule has 1 amide bonds. The van der Waals surface area contributed by atoms with E-state index in [1.54, 1.807) is 19.2 Å². The number of aryl methyl sites for hydroxylation is 1. The SMILES string of the molecule is CC[N+]1(CCc2ccccc2)N=C(C(=O)[O-])C(C(C)=O)=C(Nc2cnccc2C)C1=O. The van der Waals surface area contributed by atoms with E-state index >= 15 is 0 Å². The number of quaternary nitrogens is 1. The van der Waals surface area contributed by atoms with Gasteiger partial charge < -0.3 is 15.2 Å². The number of Topliss-reactive ketones (excluding diaryl/α,β-unsaturated/α-hetero) is 1. The Morgan fingerprint density at radius 2 is 1.87 bits per heavy atom. The van der Waals surface area contributed by atoms with Gasteiger partial charge in [-0.05, 0) is 38.0 Å². The fourth-order valence-corrected chi connectivity index (χ4v) is 3.53. The summed E-state index contributed by atoms with van der Waals surface area (Å²) in [5, 5.41) is 19.1. The van der Waals surface area contributed by atoms with Crippen LogP contribution in [0.5, 0.6) is 0 Å². The summed E-state index contributed by atoms with van der Waals surface area (Å²) < 4.78 is -0.489. The third-order valence-electron chi connectivity index (χ3n) is 5.35. The van der Waals surface area contributed by atoms with Crippen LogP contribution in [0.15, 0.2) is 65.2 Å². The van der Waals surface area contributed by atoms with Crippen LogP contribution in [-0.2, 0) is 20.8 Å². The number of nitrogens with zero attached hydrogens (tertiary/aromatic N) is 3. The van der Waals surface area contributed by atoms with E-state index in [0.717, 1.165) is 11.1 Å². The van der Waals surface area contributed by atoms with Gasteiger partial charge in [-0.3, -0.25) is 9.78 Å². The van der Waals surface area contributed by atoms with Gasteiger partial charge in [-0.25, -0.2) is 4.79 Å². The number of anilines is 1. The third kappa shape index (κ3) is 4.44. The molecule has 2 heterocycles. The number of ketones is 1. The number of carbonyl (C=O) groups is 3. The first-order valence-corrected chi connectivity index (χ1v) is 9.99. The van der Waals surface area contributed by atoms with Crippen molar-refractivity contribution in [2.24, 2.45) is 5.10 Å². The summed E-state index contributed by atoms with van der Waals surface area (Å²) in [7, 11) is 0. The molecule has 2 aromatic rings. The highest BCUT2D eigenvalue weighted by atomic mass is 16.4. The standard InChI is InChI=1S/C23H24N4O4/c1-4-27(13-11-17-8-6-5-7-9-17)22(29)20(25-18-14-24-12-10-15(18)2)19(16(3)28)21(26-27)23(30)31/h5-10,12,14H,4,11,13H2,1-3H3,(H-,25,26,28,30,31). The molecule has 31 heavy (non-hydrogen) atoms. The number of rotatable bonds is 8. The number of amides is 1. The van der Waals surface area contributed by atoms with Crippen LogP contribution in [0.3, 0.4) is 0 Å². The monoisotopic (exact) mass is 420 g/mol. The van der Waals surface area contributed by atoms with Crippen LogP contribution in [0, 0.1) is 6.92 Å². The Balaban J connectivity index is 2.10. The zero-order chi connectivity index (χ0) is 22.6. The maximum Gasteiger partial charge on any atom is 0.389 e. The lowest BCUT2D eigenvalue weighted by molar-refractivity contribution is -0.857. The lowest BCUT2D eigenvalue weighted by Crippen LogP contribution is -2.56. The maximum atomic E-state index is 13.7. The minimum absolute atomic E-state index is 0.104. The molecule has 1 unspecified atom stereocenters. The van der Waals surface area contributed by atoms with Crippen LogP contribution in [0.4, 0.5) is 5.69 Å². The molecule has 0 fully saturated rings. The van der Waals surface area contributed by atoms with E-state index in [-0.39, 0.29) is 24.4 Å². The van der Waals surface area contributed by atoms with E-state index in [1.807, 2.05) is 37.3 Å². The summed E-state index contributed by atoms with van der Waals surface area (Å²) in [4.78, 5) is 42.0. The van der Waals surface area contributed by atoms with Crippen LogP contribution in [0.25, 0.3) is 0 Å². The molecule has 8 nitrogen and oxygen atoms in total. The Morgan fingerprint density at radius 1 is 1.16 bits per heavy atom. The van der Waals surface area contributed by atoms with E-state index in [1.165, 1.54) is 13.1 Å². The van der Waals surface area contributed by atoms with Crippen molar-refractivity contribution in [1.29, 1.82) is 0 Å². The lowest BCUT2D eigenvalue weighted by Gasteiger charge is -2.34. The van der Waals surface area contributed by atoms with E-state index < -0.39 is 28.0 Å². The first-order chi connectivity index (χ1) is 14.8. The summed E-state index contributed by atoms with van der Waals surface area (Å²) in [6.45, 7) is 5.22. The molecule has 0 spiro atoms. The Bertz CT molecular complexity index is 1090. The van der Waals surface area contributed by atoms with Crippen LogP contribution < -0.4 is 10.4 Å². The number of carbonyl (C=O) groups excluding carboxylic acids is 3. The van der Waals surface area contributed by atoms with Crippen molar-refractivity contribution in [2.45, 2.75) is 27.2 Å². The highest BCUT2D eigenvalue weighted by Gasteiger charge is 2.46. The molecule has 1 aromatic heterocycles. The zero-order valence-electron chi connectivity index (χ0n) is 17.7. The Kier molecular flexibility index (Phi) is 6.41. The quantitative estimate of drug-likeness (QED) is 0.646. The minimum atomic E-state index is -1.60. The maximum absolute atomic E-state index is 13.7. The van der Waals surface area contributed by atoms with Crippen molar-refractivity contribution < 1.29 is 24.1 Å². The molecular weight excluding hydrogens is 396 g/mol. The number of carboxylic acids is 1. The predicted octanol–water partition coefficient (Wildman–Crippen LogP) is 1.37. The molecule has 1 aromatic carbocycles. The van der Waals surface area contributed by atoms with Crippen molar-refractivity contribution in [3.63, 3.8) is 0 Å². The molecule has 1 atom stereocenters. The Labute approximate surface area is 180 Å². The minimum Gasteiger partial charge on any atom is -0.543 e. The van der Waals surface area contributed by atoms with Gasteiger partial charge in [0.05, 0.1) is 23.4 Å². The van der Waals surface area contributed by atoms with Crippen LogP contribution in [-0.4, -0.2) is 46.0 Å². The molecule has 8 heteroatoms.